The summed E-state index contributed by atoms with van der Waals surface area (Å²) in [4.78, 5) is 34.7. The van der Waals surface area contributed by atoms with Crippen LogP contribution in [-0.4, -0.2) is 70.8 Å². The highest BCUT2D eigenvalue weighted by molar-refractivity contribution is 6.31. The number of aromatic hydroxyl groups is 1. The molecule has 0 saturated carbocycles. The molecule has 11 nitrogen and oxygen atoms in total. The maximum absolute atomic E-state index is 13.3. The van der Waals surface area contributed by atoms with Gasteiger partial charge in [-0.05, 0) is 62.4 Å². The first kappa shape index (κ1) is 34.8. The molecule has 2 amide bonds. The first-order valence-electron chi connectivity index (χ1n) is 15.0. The van der Waals surface area contributed by atoms with Crippen molar-refractivity contribution in [2.45, 2.75) is 65.0 Å². The quantitative estimate of drug-likeness (QED) is 0.160. The minimum atomic E-state index is -0.983. The molecule has 3 aromatic rings. The number of aliphatic hydroxyl groups excluding tert-OH is 1. The van der Waals surface area contributed by atoms with Crippen molar-refractivity contribution in [1.29, 1.82) is 0 Å². The van der Waals surface area contributed by atoms with Gasteiger partial charge in [0.15, 0.2) is 6.10 Å². The molecule has 1 aliphatic rings. The van der Waals surface area contributed by atoms with E-state index in [1.165, 1.54) is 14.2 Å². The molecule has 1 aliphatic heterocycles. The van der Waals surface area contributed by atoms with Crippen LogP contribution < -0.4 is 11.1 Å². The maximum atomic E-state index is 13.3. The van der Waals surface area contributed by atoms with Gasteiger partial charge in [0, 0.05) is 36.3 Å². The second-order valence-corrected chi connectivity index (χ2v) is 12.2. The number of nitrogens with one attached hydrogen (secondary N) is 1. The molecule has 0 fully saturated rings. The summed E-state index contributed by atoms with van der Waals surface area (Å²) in [5.74, 6) is -1.12. The summed E-state index contributed by atoms with van der Waals surface area (Å²) < 4.78 is 16.8. The minimum Gasteiger partial charge on any atom is -0.505 e. The lowest BCUT2D eigenvalue weighted by Crippen LogP contribution is -2.37. The number of carbonyl (C=O) groups is 2. The van der Waals surface area contributed by atoms with Crippen molar-refractivity contribution in [1.82, 2.24) is 9.97 Å². The number of allylic oxidation sites excluding steroid dienone is 2. The van der Waals surface area contributed by atoms with Crippen LogP contribution in [0.2, 0.25) is 5.02 Å². The number of primary amides is 1. The molecule has 6 unspecified atom stereocenters. The molecule has 12 heteroatoms. The lowest BCUT2D eigenvalue weighted by atomic mass is 9.87. The summed E-state index contributed by atoms with van der Waals surface area (Å²) in [7, 11) is 2.99. The van der Waals surface area contributed by atoms with E-state index in [2.05, 4.69) is 5.32 Å². The molecule has 46 heavy (non-hydrogen) atoms. The van der Waals surface area contributed by atoms with Crippen molar-refractivity contribution >= 4 is 51.4 Å². The van der Waals surface area contributed by atoms with Crippen LogP contribution in [0.15, 0.2) is 59.7 Å². The Morgan fingerprint density at radius 1 is 1.09 bits per heavy atom. The molecule has 0 saturated heterocycles. The van der Waals surface area contributed by atoms with E-state index in [9.17, 15) is 19.8 Å². The Kier molecular flexibility index (Phi) is 11.4. The number of nitrogens with zero attached hydrogens (tertiary/aromatic N) is 2. The minimum absolute atomic E-state index is 0.120. The molecule has 5 N–H and O–H groups in total. The van der Waals surface area contributed by atoms with E-state index in [0.717, 1.165) is 0 Å². The van der Waals surface area contributed by atoms with Gasteiger partial charge >= 0.3 is 6.09 Å². The van der Waals surface area contributed by atoms with Gasteiger partial charge in [0.25, 0.3) is 5.91 Å². The molecule has 4 rings (SSSR count). The number of nitrogens with two attached hydrogens (primary N) is 1. The number of aliphatic hydroxyl groups is 1. The molecule has 2 bridgehead atoms. The SMILES string of the molecule is COC1/C=C\C=C(/C)C(=O)Nc2cc3nc4ccc(Cl)cc4nc3c(c2O)CC(C)CC(OC)C(O)C(C)/C=C(\C)C1OC(N)=O. The van der Waals surface area contributed by atoms with Crippen LogP contribution >= 0.6 is 11.6 Å². The lowest BCUT2D eigenvalue weighted by molar-refractivity contribution is -0.112. The van der Waals surface area contributed by atoms with Crippen LogP contribution in [-0.2, 0) is 25.4 Å². The monoisotopic (exact) mass is 652 g/mol. The maximum Gasteiger partial charge on any atom is 0.405 e. The summed E-state index contributed by atoms with van der Waals surface area (Å²) in [5, 5.41) is 26.2. The number of methoxy groups -OCH3 is 2. The van der Waals surface area contributed by atoms with Gasteiger partial charge in [0.05, 0.1) is 40.0 Å². The van der Waals surface area contributed by atoms with Gasteiger partial charge in [-0.15, -0.1) is 0 Å². The second-order valence-electron chi connectivity index (χ2n) is 11.8. The number of hydrogen-bond acceptors (Lipinski definition) is 9. The first-order chi connectivity index (χ1) is 21.8. The summed E-state index contributed by atoms with van der Waals surface area (Å²) in [6.45, 7) is 7.20. The fourth-order valence-electron chi connectivity index (χ4n) is 5.74. The third-order valence-electron chi connectivity index (χ3n) is 8.21. The molecule has 246 valence electrons. The Morgan fingerprint density at radius 2 is 1.83 bits per heavy atom. The number of fused-ring (bicyclic) bond motifs is 5. The van der Waals surface area contributed by atoms with Gasteiger partial charge in [-0.3, -0.25) is 4.79 Å². The van der Waals surface area contributed by atoms with E-state index >= 15 is 0 Å². The second kappa shape index (κ2) is 15.0. The highest BCUT2D eigenvalue weighted by Gasteiger charge is 2.30. The number of amides is 2. The zero-order chi connectivity index (χ0) is 33.7. The summed E-state index contributed by atoms with van der Waals surface area (Å²) in [6.07, 6.45) is 3.23. The van der Waals surface area contributed by atoms with E-state index in [-0.39, 0.29) is 17.4 Å². The van der Waals surface area contributed by atoms with Gasteiger partial charge in [-0.1, -0.05) is 49.8 Å². The third-order valence-corrected chi connectivity index (χ3v) is 8.45. The Hall–Kier alpha value is -4.03. The van der Waals surface area contributed by atoms with Gasteiger partial charge < -0.3 is 35.5 Å². The van der Waals surface area contributed by atoms with Crippen LogP contribution in [0, 0.1) is 11.8 Å². The molecule has 2 heterocycles. The van der Waals surface area contributed by atoms with Crippen LogP contribution in [0.25, 0.3) is 22.1 Å². The zero-order valence-electron chi connectivity index (χ0n) is 26.8. The number of phenolic OH excluding ortho intramolecular Hbond substituents is 1. The third kappa shape index (κ3) is 8.03. The van der Waals surface area contributed by atoms with E-state index < -0.39 is 42.3 Å². The van der Waals surface area contributed by atoms with E-state index in [1.54, 1.807) is 62.4 Å². The number of halogens is 1. The van der Waals surface area contributed by atoms with Gasteiger partial charge in [0.2, 0.25) is 0 Å². The number of carbonyl (C=O) groups excluding carboxylic acids is 2. The Labute approximate surface area is 273 Å². The van der Waals surface area contributed by atoms with Crippen molar-refractivity contribution in [2.24, 2.45) is 17.6 Å². The molecule has 1 aromatic heterocycles. The van der Waals surface area contributed by atoms with Crippen molar-refractivity contribution in [3.63, 3.8) is 0 Å². The predicted octanol–water partition coefficient (Wildman–Crippen LogP) is 5.60. The highest BCUT2D eigenvalue weighted by Crippen LogP contribution is 2.37. The fourth-order valence-corrected chi connectivity index (χ4v) is 5.90. The standard InChI is InChI=1S/C34H41ClN4O7/c1-17-12-22-29-25(37-23-11-10-21(35)15-24(23)38-29)16-26(31(22)41)39-33(42)18(2)8-7-9-27(44-5)32(46-34(36)43)20(4)14-19(3)30(40)28(13-17)45-6/h7-11,14-17,19,27-28,30,32,40-41H,12-13H2,1-6H3,(H2,36,43)(H,39,42)/b9-7-,18-8+,20-14+. The molecular formula is C34H41ClN4O7. The van der Waals surface area contributed by atoms with Crippen LogP contribution in [0.3, 0.4) is 0 Å². The number of phenols is 1. The summed E-state index contributed by atoms with van der Waals surface area (Å²) in [5.41, 5.74) is 9.14. The lowest BCUT2D eigenvalue weighted by Gasteiger charge is -2.29. The van der Waals surface area contributed by atoms with Crippen LogP contribution in [0.1, 0.15) is 39.7 Å². The average Bonchev–Trinajstić information content (AvgIpc) is 3.01. The van der Waals surface area contributed by atoms with E-state index in [4.69, 9.17) is 41.5 Å². The van der Waals surface area contributed by atoms with E-state index in [0.29, 0.717) is 56.6 Å². The summed E-state index contributed by atoms with van der Waals surface area (Å²) >= 11 is 6.23. The molecule has 6 atom stereocenters. The number of ether oxygens (including phenoxy) is 3. The molecule has 0 aliphatic carbocycles. The van der Waals surface area contributed by atoms with Crippen molar-refractivity contribution in [3.8, 4) is 5.75 Å². The van der Waals surface area contributed by atoms with Crippen molar-refractivity contribution in [3.05, 3.63) is 70.3 Å². The number of hydrogen-bond donors (Lipinski definition) is 4. The van der Waals surface area contributed by atoms with Gasteiger partial charge in [-0.2, -0.15) is 0 Å². The highest BCUT2D eigenvalue weighted by atomic mass is 35.5. The number of aromatic nitrogens is 2. The van der Waals surface area contributed by atoms with Gasteiger partial charge in [0.1, 0.15) is 11.9 Å². The molecule has 0 radical (unpaired) electrons. The Balaban J connectivity index is 1.86. The van der Waals surface area contributed by atoms with Crippen LogP contribution in [0.5, 0.6) is 5.75 Å². The number of anilines is 1. The van der Waals surface area contributed by atoms with Crippen molar-refractivity contribution < 1.29 is 34.0 Å². The average molecular weight is 653 g/mol. The zero-order valence-corrected chi connectivity index (χ0v) is 27.5. The smallest absolute Gasteiger partial charge is 0.405 e. The first-order valence-corrected chi connectivity index (χ1v) is 15.4. The normalized spacial score (nSPS) is 28.1. The Bertz CT molecular complexity index is 1710. The van der Waals surface area contributed by atoms with Crippen LogP contribution in [0.4, 0.5) is 10.5 Å². The fraction of sp³-hybridized carbons (Fsp3) is 0.412. The molecular weight excluding hydrogens is 612 g/mol. The molecule has 0 spiro atoms. The van der Waals surface area contributed by atoms with E-state index in [1.807, 2.05) is 13.8 Å². The molecule has 2 aromatic carbocycles. The predicted molar refractivity (Wildman–Crippen MR) is 178 cm³/mol. The van der Waals surface area contributed by atoms with Gasteiger partial charge in [-0.25, -0.2) is 14.8 Å². The number of benzene rings is 2. The number of rotatable bonds is 3. The topological polar surface area (TPSA) is 166 Å². The van der Waals surface area contributed by atoms with Crippen molar-refractivity contribution in [2.75, 3.05) is 19.5 Å². The largest absolute Gasteiger partial charge is 0.505 e. The summed E-state index contributed by atoms with van der Waals surface area (Å²) in [6, 6.07) is 6.78. The Morgan fingerprint density at radius 3 is 2.50 bits per heavy atom.